The lowest BCUT2D eigenvalue weighted by atomic mass is 10.2. The zero-order valence-electron chi connectivity index (χ0n) is 10.3. The molecule has 0 saturated carbocycles. The van der Waals surface area contributed by atoms with Gasteiger partial charge in [0, 0.05) is 31.3 Å². The summed E-state index contributed by atoms with van der Waals surface area (Å²) in [7, 11) is 1.40. The number of carbonyl (C=O) groups is 1. The summed E-state index contributed by atoms with van der Waals surface area (Å²) in [6.45, 7) is 6.51. The Hall–Kier alpha value is -0.580. The van der Waals surface area contributed by atoms with Crippen molar-refractivity contribution >= 4 is 17.6 Å². The Morgan fingerprint density at radius 3 is 2.94 bits per heavy atom. The Morgan fingerprint density at radius 2 is 2.41 bits per heavy atom. The molecule has 1 rings (SSSR count). The first kappa shape index (κ1) is 14.5. The minimum absolute atomic E-state index is 0.206. The molecule has 0 aromatic heterocycles. The molecule has 1 heterocycles. The van der Waals surface area contributed by atoms with E-state index in [0.717, 1.165) is 26.0 Å². The van der Waals surface area contributed by atoms with Gasteiger partial charge in [0.25, 0.3) is 0 Å². The molecule has 98 valence electrons. The van der Waals surface area contributed by atoms with Crippen LogP contribution in [0.5, 0.6) is 0 Å². The third-order valence-corrected chi connectivity index (χ3v) is 2.86. The summed E-state index contributed by atoms with van der Waals surface area (Å²) < 4.78 is 10.2. The van der Waals surface area contributed by atoms with Gasteiger partial charge in [-0.1, -0.05) is 18.2 Å². The molecule has 0 bridgehead atoms. The van der Waals surface area contributed by atoms with Crippen LogP contribution in [0.25, 0.3) is 0 Å². The summed E-state index contributed by atoms with van der Waals surface area (Å²) in [6.07, 6.45) is 2.80. The third kappa shape index (κ3) is 6.05. The number of rotatable bonds is 7. The zero-order chi connectivity index (χ0) is 12.7. The van der Waals surface area contributed by atoms with Crippen molar-refractivity contribution in [2.24, 2.45) is 0 Å². The number of hydrogen-bond donors (Lipinski definition) is 0. The quantitative estimate of drug-likeness (QED) is 0.655. The van der Waals surface area contributed by atoms with Crippen LogP contribution in [0.2, 0.25) is 0 Å². The van der Waals surface area contributed by atoms with Gasteiger partial charge in [0.1, 0.15) is 0 Å². The van der Waals surface area contributed by atoms with Crippen LogP contribution in [0, 0.1) is 0 Å². The van der Waals surface area contributed by atoms with Crippen molar-refractivity contribution in [3.8, 4) is 0 Å². The minimum atomic E-state index is -0.206. The van der Waals surface area contributed by atoms with E-state index in [2.05, 4.69) is 16.2 Å². The standard InChI is InChI=1S/C12H20ClNO3/c1-10(13)8-14(6-5-12(15)16-2)9-11-4-3-7-17-11/h11H,1,3-9H2,2H3. The highest BCUT2D eigenvalue weighted by atomic mass is 35.5. The van der Waals surface area contributed by atoms with Gasteiger partial charge in [-0.2, -0.15) is 0 Å². The van der Waals surface area contributed by atoms with E-state index < -0.39 is 0 Å². The molecule has 1 aliphatic heterocycles. The number of esters is 1. The summed E-state index contributed by atoms with van der Waals surface area (Å²) in [6, 6.07) is 0. The van der Waals surface area contributed by atoms with Crippen molar-refractivity contribution < 1.29 is 14.3 Å². The van der Waals surface area contributed by atoms with Crippen LogP contribution in [-0.2, 0) is 14.3 Å². The summed E-state index contributed by atoms with van der Waals surface area (Å²) in [4.78, 5) is 13.2. The molecular weight excluding hydrogens is 242 g/mol. The van der Waals surface area contributed by atoms with Crippen molar-refractivity contribution in [2.75, 3.05) is 33.4 Å². The van der Waals surface area contributed by atoms with Gasteiger partial charge in [0.05, 0.1) is 19.6 Å². The molecule has 0 spiro atoms. The van der Waals surface area contributed by atoms with E-state index in [4.69, 9.17) is 16.3 Å². The molecule has 0 aromatic rings. The molecule has 0 aliphatic carbocycles. The average Bonchev–Trinajstić information content (AvgIpc) is 2.77. The molecule has 1 atom stereocenters. The molecule has 4 nitrogen and oxygen atoms in total. The molecule has 0 aromatic carbocycles. The van der Waals surface area contributed by atoms with Gasteiger partial charge in [0.2, 0.25) is 0 Å². The Bertz CT molecular complexity index is 264. The van der Waals surface area contributed by atoms with E-state index >= 15 is 0 Å². The van der Waals surface area contributed by atoms with Gasteiger partial charge in [0.15, 0.2) is 0 Å². The van der Waals surface area contributed by atoms with Gasteiger partial charge in [-0.3, -0.25) is 9.69 Å². The highest BCUT2D eigenvalue weighted by Gasteiger charge is 2.19. The Kier molecular flexibility index (Phi) is 6.55. The number of carbonyl (C=O) groups excluding carboxylic acids is 1. The monoisotopic (exact) mass is 261 g/mol. The van der Waals surface area contributed by atoms with Crippen LogP contribution in [0.4, 0.5) is 0 Å². The van der Waals surface area contributed by atoms with Crippen LogP contribution in [0.3, 0.4) is 0 Å². The maximum absolute atomic E-state index is 11.1. The fourth-order valence-corrected chi connectivity index (χ4v) is 2.07. The third-order valence-electron chi connectivity index (χ3n) is 2.74. The molecule has 1 saturated heterocycles. The number of halogens is 1. The lowest BCUT2D eigenvalue weighted by molar-refractivity contribution is -0.141. The lowest BCUT2D eigenvalue weighted by Crippen LogP contribution is -2.35. The van der Waals surface area contributed by atoms with E-state index in [9.17, 15) is 4.79 Å². The van der Waals surface area contributed by atoms with Gasteiger partial charge in [-0.25, -0.2) is 0 Å². The summed E-state index contributed by atoms with van der Waals surface area (Å²) >= 11 is 5.81. The first-order valence-electron chi connectivity index (χ1n) is 5.86. The van der Waals surface area contributed by atoms with E-state index in [1.54, 1.807) is 0 Å². The summed E-state index contributed by atoms with van der Waals surface area (Å²) in [5, 5.41) is 0.577. The second kappa shape index (κ2) is 7.69. The molecule has 5 heteroatoms. The first-order chi connectivity index (χ1) is 8.11. The second-order valence-corrected chi connectivity index (χ2v) is 4.75. The van der Waals surface area contributed by atoms with Crippen LogP contribution in [-0.4, -0.2) is 50.3 Å². The topological polar surface area (TPSA) is 38.8 Å². The van der Waals surface area contributed by atoms with Crippen molar-refractivity contribution in [1.29, 1.82) is 0 Å². The van der Waals surface area contributed by atoms with E-state index in [-0.39, 0.29) is 12.1 Å². The first-order valence-corrected chi connectivity index (χ1v) is 6.23. The minimum Gasteiger partial charge on any atom is -0.469 e. The van der Waals surface area contributed by atoms with Gasteiger partial charge in [-0.05, 0) is 12.8 Å². The second-order valence-electron chi connectivity index (χ2n) is 4.21. The smallest absolute Gasteiger partial charge is 0.306 e. The summed E-state index contributed by atoms with van der Waals surface area (Å²) in [5.41, 5.74) is 0. The van der Waals surface area contributed by atoms with Crippen LogP contribution in [0.15, 0.2) is 11.6 Å². The van der Waals surface area contributed by atoms with Crippen LogP contribution in [0.1, 0.15) is 19.3 Å². The van der Waals surface area contributed by atoms with Crippen molar-refractivity contribution in [3.05, 3.63) is 11.6 Å². The van der Waals surface area contributed by atoms with E-state index in [0.29, 0.717) is 24.5 Å². The maximum atomic E-state index is 11.1. The number of methoxy groups -OCH3 is 1. The predicted molar refractivity (Wildman–Crippen MR) is 67.0 cm³/mol. The molecule has 0 amide bonds. The molecule has 0 radical (unpaired) electrons. The Labute approximate surface area is 108 Å². The van der Waals surface area contributed by atoms with Crippen LogP contribution < -0.4 is 0 Å². The Balaban J connectivity index is 2.35. The highest BCUT2D eigenvalue weighted by molar-refractivity contribution is 6.29. The maximum Gasteiger partial charge on any atom is 0.306 e. The molecule has 17 heavy (non-hydrogen) atoms. The summed E-state index contributed by atoms with van der Waals surface area (Å²) in [5.74, 6) is -0.206. The van der Waals surface area contributed by atoms with Crippen LogP contribution >= 0.6 is 11.6 Å². The van der Waals surface area contributed by atoms with E-state index in [1.807, 2.05) is 0 Å². The largest absolute Gasteiger partial charge is 0.469 e. The number of hydrogen-bond acceptors (Lipinski definition) is 4. The number of ether oxygens (including phenoxy) is 2. The molecule has 0 N–H and O–H groups in total. The van der Waals surface area contributed by atoms with Gasteiger partial charge in [-0.15, -0.1) is 0 Å². The van der Waals surface area contributed by atoms with Crippen molar-refractivity contribution in [2.45, 2.75) is 25.4 Å². The molecule has 1 fully saturated rings. The SMILES string of the molecule is C=C(Cl)CN(CCC(=O)OC)CC1CCCO1. The lowest BCUT2D eigenvalue weighted by Gasteiger charge is -2.24. The van der Waals surface area contributed by atoms with Crippen molar-refractivity contribution in [1.82, 2.24) is 4.90 Å². The zero-order valence-corrected chi connectivity index (χ0v) is 11.0. The van der Waals surface area contributed by atoms with Crippen molar-refractivity contribution in [3.63, 3.8) is 0 Å². The molecule has 1 aliphatic rings. The molecule has 1 unspecified atom stereocenters. The normalized spacial score (nSPS) is 19.6. The molecular formula is C12H20ClNO3. The Morgan fingerprint density at radius 1 is 1.65 bits per heavy atom. The van der Waals surface area contributed by atoms with E-state index in [1.165, 1.54) is 7.11 Å². The number of nitrogens with zero attached hydrogens (tertiary/aromatic N) is 1. The fourth-order valence-electron chi connectivity index (χ4n) is 1.91. The average molecular weight is 262 g/mol. The van der Waals surface area contributed by atoms with Gasteiger partial charge < -0.3 is 9.47 Å². The highest BCUT2D eigenvalue weighted by Crippen LogP contribution is 2.14. The fraction of sp³-hybridized carbons (Fsp3) is 0.750. The predicted octanol–water partition coefficient (Wildman–Crippen LogP) is 1.78. The van der Waals surface area contributed by atoms with Gasteiger partial charge >= 0.3 is 5.97 Å².